The predicted octanol–water partition coefficient (Wildman–Crippen LogP) is 2.37. The summed E-state index contributed by atoms with van der Waals surface area (Å²) in [4.78, 5) is 3.19. The van der Waals surface area contributed by atoms with Crippen molar-refractivity contribution in [1.82, 2.24) is 4.98 Å². The highest BCUT2D eigenvalue weighted by Crippen LogP contribution is 2.29. The van der Waals surface area contributed by atoms with Gasteiger partial charge >= 0.3 is 0 Å². The number of hydrogen-bond acceptors (Lipinski definition) is 2. The summed E-state index contributed by atoms with van der Waals surface area (Å²) in [6.07, 6.45) is 0. The molecule has 0 aliphatic carbocycles. The van der Waals surface area contributed by atoms with Crippen molar-refractivity contribution in [3.63, 3.8) is 0 Å². The van der Waals surface area contributed by atoms with Gasteiger partial charge in [0.1, 0.15) is 5.75 Å². The number of nitrogens with one attached hydrogen (secondary N) is 1. The van der Waals surface area contributed by atoms with E-state index in [0.717, 1.165) is 27.9 Å². The molecule has 0 aliphatic rings. The van der Waals surface area contributed by atoms with Gasteiger partial charge in [0.25, 0.3) is 0 Å². The van der Waals surface area contributed by atoms with E-state index in [1.807, 2.05) is 32.0 Å². The highest BCUT2D eigenvalue weighted by Gasteiger charge is 2.09. The van der Waals surface area contributed by atoms with Crippen molar-refractivity contribution in [2.45, 2.75) is 20.5 Å². The minimum absolute atomic E-state index is 0.0338. The van der Waals surface area contributed by atoms with Crippen LogP contribution in [0, 0.1) is 6.92 Å². The average Bonchev–Trinajstić information content (AvgIpc) is 2.58. The SMILES string of the molecule is CCOc1cccc2c(C)c(CO)[nH]c12. The van der Waals surface area contributed by atoms with Crippen LogP contribution in [-0.4, -0.2) is 16.7 Å². The molecule has 0 saturated carbocycles. The third-order valence-corrected chi connectivity index (χ3v) is 2.62. The number of aryl methyl sites for hydroxylation is 1. The first-order chi connectivity index (χ1) is 7.27. The van der Waals surface area contributed by atoms with Crippen molar-refractivity contribution in [2.75, 3.05) is 6.61 Å². The minimum atomic E-state index is 0.0338. The molecule has 0 bridgehead atoms. The number of H-pyrrole nitrogens is 1. The van der Waals surface area contributed by atoms with Crippen molar-refractivity contribution < 1.29 is 9.84 Å². The lowest BCUT2D eigenvalue weighted by atomic mass is 10.1. The maximum atomic E-state index is 9.17. The topological polar surface area (TPSA) is 45.2 Å². The van der Waals surface area contributed by atoms with Gasteiger partial charge in [0, 0.05) is 11.1 Å². The van der Waals surface area contributed by atoms with Crippen LogP contribution in [-0.2, 0) is 6.61 Å². The van der Waals surface area contributed by atoms with Crippen LogP contribution in [0.4, 0.5) is 0 Å². The average molecular weight is 205 g/mol. The Bertz CT molecular complexity index is 474. The molecule has 0 unspecified atom stereocenters. The number of ether oxygens (including phenoxy) is 1. The fraction of sp³-hybridized carbons (Fsp3) is 0.333. The summed E-state index contributed by atoms with van der Waals surface area (Å²) < 4.78 is 5.52. The lowest BCUT2D eigenvalue weighted by Crippen LogP contribution is -1.91. The van der Waals surface area contributed by atoms with Gasteiger partial charge in [-0.15, -0.1) is 0 Å². The summed E-state index contributed by atoms with van der Waals surface area (Å²) in [5.41, 5.74) is 2.92. The first-order valence-electron chi connectivity index (χ1n) is 5.11. The fourth-order valence-electron chi connectivity index (χ4n) is 1.81. The lowest BCUT2D eigenvalue weighted by molar-refractivity contribution is 0.277. The molecular formula is C12H15NO2. The maximum Gasteiger partial charge on any atom is 0.143 e. The number of aromatic nitrogens is 1. The third-order valence-electron chi connectivity index (χ3n) is 2.62. The van der Waals surface area contributed by atoms with E-state index in [4.69, 9.17) is 9.84 Å². The Labute approximate surface area is 88.7 Å². The van der Waals surface area contributed by atoms with Crippen LogP contribution in [0.1, 0.15) is 18.2 Å². The summed E-state index contributed by atoms with van der Waals surface area (Å²) in [7, 11) is 0. The van der Waals surface area contributed by atoms with Gasteiger partial charge in [-0.05, 0) is 25.5 Å². The molecular weight excluding hydrogens is 190 g/mol. The van der Waals surface area contributed by atoms with E-state index in [1.54, 1.807) is 0 Å². The van der Waals surface area contributed by atoms with Gasteiger partial charge in [0.2, 0.25) is 0 Å². The highest BCUT2D eigenvalue weighted by atomic mass is 16.5. The fourth-order valence-corrected chi connectivity index (χ4v) is 1.81. The summed E-state index contributed by atoms with van der Waals surface area (Å²) in [6, 6.07) is 5.93. The van der Waals surface area contributed by atoms with Crippen LogP contribution in [0.15, 0.2) is 18.2 Å². The van der Waals surface area contributed by atoms with E-state index in [9.17, 15) is 0 Å². The first-order valence-corrected chi connectivity index (χ1v) is 5.11. The van der Waals surface area contributed by atoms with E-state index < -0.39 is 0 Å². The first kappa shape index (κ1) is 10.1. The van der Waals surface area contributed by atoms with Gasteiger partial charge in [-0.1, -0.05) is 12.1 Å². The largest absolute Gasteiger partial charge is 0.492 e. The standard InChI is InChI=1S/C12H15NO2/c1-3-15-11-6-4-5-9-8(2)10(7-14)13-12(9)11/h4-6,13-14H,3,7H2,1-2H3. The maximum absolute atomic E-state index is 9.17. The second kappa shape index (κ2) is 3.95. The summed E-state index contributed by atoms with van der Waals surface area (Å²) in [5, 5.41) is 10.3. The molecule has 0 atom stereocenters. The van der Waals surface area contributed by atoms with Crippen LogP contribution in [0.2, 0.25) is 0 Å². The molecule has 0 saturated heterocycles. The van der Waals surface area contributed by atoms with Crippen molar-refractivity contribution in [3.05, 3.63) is 29.5 Å². The van der Waals surface area contributed by atoms with Crippen LogP contribution in [0.5, 0.6) is 5.75 Å². The smallest absolute Gasteiger partial charge is 0.143 e. The quantitative estimate of drug-likeness (QED) is 0.808. The molecule has 1 aromatic carbocycles. The second-order valence-electron chi connectivity index (χ2n) is 3.50. The summed E-state index contributed by atoms with van der Waals surface area (Å²) in [6.45, 7) is 4.64. The van der Waals surface area contributed by atoms with Crippen molar-refractivity contribution >= 4 is 10.9 Å². The van der Waals surface area contributed by atoms with Gasteiger partial charge < -0.3 is 14.8 Å². The minimum Gasteiger partial charge on any atom is -0.492 e. The molecule has 0 amide bonds. The zero-order chi connectivity index (χ0) is 10.8. The molecule has 0 fully saturated rings. The summed E-state index contributed by atoms with van der Waals surface area (Å²) >= 11 is 0. The van der Waals surface area contributed by atoms with Crippen molar-refractivity contribution in [2.24, 2.45) is 0 Å². The van der Waals surface area contributed by atoms with E-state index >= 15 is 0 Å². The highest BCUT2D eigenvalue weighted by molar-refractivity contribution is 5.89. The molecule has 3 nitrogen and oxygen atoms in total. The molecule has 2 rings (SSSR count). The van der Waals surface area contributed by atoms with Gasteiger partial charge in [0.15, 0.2) is 0 Å². The molecule has 0 aliphatic heterocycles. The van der Waals surface area contributed by atoms with Crippen molar-refractivity contribution in [1.29, 1.82) is 0 Å². The van der Waals surface area contributed by atoms with Crippen LogP contribution in [0.25, 0.3) is 10.9 Å². The van der Waals surface area contributed by atoms with E-state index in [-0.39, 0.29) is 6.61 Å². The molecule has 80 valence electrons. The molecule has 15 heavy (non-hydrogen) atoms. The van der Waals surface area contributed by atoms with Gasteiger partial charge in [0.05, 0.1) is 18.7 Å². The Morgan fingerprint density at radius 1 is 1.40 bits per heavy atom. The van der Waals surface area contributed by atoms with E-state index in [0.29, 0.717) is 6.61 Å². The Morgan fingerprint density at radius 3 is 2.87 bits per heavy atom. The number of aliphatic hydroxyl groups excluding tert-OH is 1. The second-order valence-corrected chi connectivity index (χ2v) is 3.50. The monoisotopic (exact) mass is 205 g/mol. The Hall–Kier alpha value is -1.48. The van der Waals surface area contributed by atoms with Crippen molar-refractivity contribution in [3.8, 4) is 5.75 Å². The summed E-state index contributed by atoms with van der Waals surface area (Å²) in [5.74, 6) is 0.845. The Morgan fingerprint density at radius 2 is 2.20 bits per heavy atom. The van der Waals surface area contributed by atoms with Gasteiger partial charge in [-0.25, -0.2) is 0 Å². The predicted molar refractivity (Wildman–Crippen MR) is 60.1 cm³/mol. The Kier molecular flexibility index (Phi) is 2.64. The number of fused-ring (bicyclic) bond motifs is 1. The number of benzene rings is 1. The number of para-hydroxylation sites is 1. The van der Waals surface area contributed by atoms with E-state index in [2.05, 4.69) is 4.98 Å². The van der Waals surface area contributed by atoms with Crippen LogP contribution < -0.4 is 4.74 Å². The molecule has 1 heterocycles. The van der Waals surface area contributed by atoms with Gasteiger partial charge in [-0.3, -0.25) is 0 Å². The van der Waals surface area contributed by atoms with Crippen LogP contribution in [0.3, 0.4) is 0 Å². The zero-order valence-electron chi connectivity index (χ0n) is 9.00. The molecule has 0 spiro atoms. The van der Waals surface area contributed by atoms with Gasteiger partial charge in [-0.2, -0.15) is 0 Å². The number of rotatable bonds is 3. The number of aliphatic hydroxyl groups is 1. The van der Waals surface area contributed by atoms with E-state index in [1.165, 1.54) is 0 Å². The molecule has 0 radical (unpaired) electrons. The zero-order valence-corrected chi connectivity index (χ0v) is 9.00. The molecule has 2 N–H and O–H groups in total. The molecule has 3 heteroatoms. The Balaban J connectivity index is 2.65. The normalized spacial score (nSPS) is 10.9. The molecule has 2 aromatic rings. The molecule has 1 aromatic heterocycles. The lowest BCUT2D eigenvalue weighted by Gasteiger charge is -2.03. The van der Waals surface area contributed by atoms with Crippen LogP contribution >= 0.6 is 0 Å². The third kappa shape index (κ3) is 1.59. The number of hydrogen-bond donors (Lipinski definition) is 2. The number of aromatic amines is 1.